The van der Waals surface area contributed by atoms with Gasteiger partial charge in [-0.2, -0.15) is 0 Å². The Morgan fingerprint density at radius 2 is 1.91 bits per heavy atom. The van der Waals surface area contributed by atoms with E-state index in [1.807, 2.05) is 32.0 Å². The predicted octanol–water partition coefficient (Wildman–Crippen LogP) is 3.24. The van der Waals surface area contributed by atoms with E-state index in [2.05, 4.69) is 16.4 Å². The molecule has 0 atom stereocenters. The molecule has 0 fully saturated rings. The van der Waals surface area contributed by atoms with Crippen LogP contribution in [0.3, 0.4) is 0 Å². The molecule has 0 aliphatic rings. The van der Waals surface area contributed by atoms with Gasteiger partial charge in [-0.1, -0.05) is 29.5 Å². The first-order valence-electron chi connectivity index (χ1n) is 7.44. The summed E-state index contributed by atoms with van der Waals surface area (Å²) in [6.45, 7) is 4.30. The Labute approximate surface area is 134 Å². The van der Waals surface area contributed by atoms with Gasteiger partial charge in [0, 0.05) is 5.56 Å². The van der Waals surface area contributed by atoms with Gasteiger partial charge in [-0.15, -0.1) is 5.10 Å². The number of nitrogens with zero attached hydrogens (tertiary/aromatic N) is 3. The van der Waals surface area contributed by atoms with Gasteiger partial charge < -0.3 is 5.11 Å². The maximum Gasteiger partial charge on any atom is 0.123 e. The fraction of sp³-hybridized carbons (Fsp3) is 0.222. The van der Waals surface area contributed by atoms with E-state index >= 15 is 0 Å². The van der Waals surface area contributed by atoms with Gasteiger partial charge in [0.15, 0.2) is 0 Å². The van der Waals surface area contributed by atoms with Gasteiger partial charge in [-0.3, -0.25) is 0 Å². The van der Waals surface area contributed by atoms with Crippen molar-refractivity contribution in [2.24, 2.45) is 0 Å². The first kappa shape index (κ1) is 15.4. The van der Waals surface area contributed by atoms with Crippen LogP contribution in [0.15, 0.2) is 42.5 Å². The molecular weight excluding hydrogens is 293 g/mol. The second-order valence-electron chi connectivity index (χ2n) is 5.63. The van der Waals surface area contributed by atoms with E-state index in [0.717, 1.165) is 22.4 Å². The van der Waals surface area contributed by atoms with E-state index in [1.54, 1.807) is 10.7 Å². The van der Waals surface area contributed by atoms with Crippen LogP contribution < -0.4 is 0 Å². The Hall–Kier alpha value is -2.53. The third kappa shape index (κ3) is 3.14. The number of aromatic nitrogens is 3. The van der Waals surface area contributed by atoms with E-state index in [9.17, 15) is 9.50 Å². The predicted molar refractivity (Wildman–Crippen MR) is 86.4 cm³/mol. The molecule has 23 heavy (non-hydrogen) atoms. The second-order valence-corrected chi connectivity index (χ2v) is 5.63. The normalized spacial score (nSPS) is 11.0. The molecule has 1 aromatic heterocycles. The van der Waals surface area contributed by atoms with E-state index in [0.29, 0.717) is 12.2 Å². The Kier molecular flexibility index (Phi) is 4.21. The van der Waals surface area contributed by atoms with Crippen molar-refractivity contribution < 1.29 is 9.50 Å². The van der Waals surface area contributed by atoms with Crippen LogP contribution in [0, 0.1) is 19.7 Å². The van der Waals surface area contributed by atoms with Crippen molar-refractivity contribution in [1.29, 1.82) is 0 Å². The van der Waals surface area contributed by atoms with Gasteiger partial charge in [0.25, 0.3) is 0 Å². The van der Waals surface area contributed by atoms with Crippen molar-refractivity contribution in [3.05, 3.63) is 70.7 Å². The Bertz CT molecular complexity index is 842. The number of rotatable bonds is 4. The minimum atomic E-state index is -0.280. The SMILES string of the molecule is Cc1ccc(-c2c(CO)nnn2Cc2cccc(F)c2)cc1C. The van der Waals surface area contributed by atoms with Crippen LogP contribution in [-0.2, 0) is 13.2 Å². The quantitative estimate of drug-likeness (QED) is 0.805. The molecule has 0 aliphatic heterocycles. The molecule has 0 saturated heterocycles. The maximum atomic E-state index is 13.4. The number of aliphatic hydroxyl groups excluding tert-OH is 1. The van der Waals surface area contributed by atoms with Gasteiger partial charge in [0.2, 0.25) is 0 Å². The zero-order valence-corrected chi connectivity index (χ0v) is 13.1. The largest absolute Gasteiger partial charge is 0.390 e. The average Bonchev–Trinajstić information content (AvgIpc) is 2.93. The highest BCUT2D eigenvalue weighted by atomic mass is 19.1. The Morgan fingerprint density at radius 1 is 1.09 bits per heavy atom. The molecule has 0 saturated carbocycles. The summed E-state index contributed by atoms with van der Waals surface area (Å²) in [5, 5.41) is 17.7. The second kappa shape index (κ2) is 6.30. The van der Waals surface area contributed by atoms with Crippen LogP contribution in [0.4, 0.5) is 4.39 Å². The highest BCUT2D eigenvalue weighted by Crippen LogP contribution is 2.25. The van der Waals surface area contributed by atoms with Crippen molar-refractivity contribution in [2.45, 2.75) is 27.0 Å². The van der Waals surface area contributed by atoms with Gasteiger partial charge in [-0.05, 0) is 48.7 Å². The molecule has 0 spiro atoms. The minimum Gasteiger partial charge on any atom is -0.390 e. The summed E-state index contributed by atoms with van der Waals surface area (Å²) < 4.78 is 15.1. The third-order valence-corrected chi connectivity index (χ3v) is 3.96. The number of halogens is 1. The number of aryl methyl sites for hydroxylation is 2. The highest BCUT2D eigenvalue weighted by Gasteiger charge is 2.15. The first-order valence-corrected chi connectivity index (χ1v) is 7.44. The summed E-state index contributed by atoms with van der Waals surface area (Å²) in [7, 11) is 0. The lowest BCUT2D eigenvalue weighted by Gasteiger charge is -2.10. The standard InChI is InChI=1S/C18H18FN3O/c1-12-6-7-15(8-13(12)2)18-17(11-23)20-21-22(18)10-14-4-3-5-16(19)9-14/h3-9,23H,10-11H2,1-2H3. The van der Waals surface area contributed by atoms with Gasteiger partial charge >= 0.3 is 0 Å². The van der Waals surface area contributed by atoms with Crippen molar-refractivity contribution in [3.63, 3.8) is 0 Å². The smallest absolute Gasteiger partial charge is 0.123 e. The molecule has 5 heteroatoms. The summed E-state index contributed by atoms with van der Waals surface area (Å²) >= 11 is 0. The molecule has 118 valence electrons. The Morgan fingerprint density at radius 3 is 2.61 bits per heavy atom. The molecule has 0 unspecified atom stereocenters. The van der Waals surface area contributed by atoms with Crippen LogP contribution in [-0.4, -0.2) is 20.1 Å². The number of hydrogen-bond donors (Lipinski definition) is 1. The van der Waals surface area contributed by atoms with Gasteiger partial charge in [-0.25, -0.2) is 9.07 Å². The molecule has 2 aromatic carbocycles. The summed E-state index contributed by atoms with van der Waals surface area (Å²) in [6, 6.07) is 12.5. The molecule has 0 bridgehead atoms. The molecule has 1 N–H and O–H groups in total. The fourth-order valence-corrected chi connectivity index (χ4v) is 2.58. The lowest BCUT2D eigenvalue weighted by atomic mass is 10.0. The van der Waals surface area contributed by atoms with Crippen molar-refractivity contribution in [3.8, 4) is 11.3 Å². The molecule has 4 nitrogen and oxygen atoms in total. The molecule has 0 amide bonds. The first-order chi connectivity index (χ1) is 11.1. The van der Waals surface area contributed by atoms with E-state index in [4.69, 9.17) is 0 Å². The van der Waals surface area contributed by atoms with Crippen LogP contribution in [0.2, 0.25) is 0 Å². The zero-order valence-electron chi connectivity index (χ0n) is 13.1. The number of aliphatic hydroxyl groups is 1. The summed E-state index contributed by atoms with van der Waals surface area (Å²) in [4.78, 5) is 0. The topological polar surface area (TPSA) is 50.9 Å². The van der Waals surface area contributed by atoms with Crippen molar-refractivity contribution in [1.82, 2.24) is 15.0 Å². The molecule has 3 aromatic rings. The molecule has 1 heterocycles. The summed E-state index contributed by atoms with van der Waals surface area (Å²) in [5.41, 5.74) is 5.38. The van der Waals surface area contributed by atoms with E-state index < -0.39 is 0 Å². The average molecular weight is 311 g/mol. The number of hydrogen-bond acceptors (Lipinski definition) is 3. The zero-order chi connectivity index (χ0) is 16.4. The molecule has 0 radical (unpaired) electrons. The molecule has 3 rings (SSSR count). The van der Waals surface area contributed by atoms with E-state index in [1.165, 1.54) is 17.7 Å². The van der Waals surface area contributed by atoms with E-state index in [-0.39, 0.29) is 12.4 Å². The van der Waals surface area contributed by atoms with Crippen LogP contribution >= 0.6 is 0 Å². The molecular formula is C18H18FN3O. The summed E-state index contributed by atoms with van der Waals surface area (Å²) in [6.07, 6.45) is 0. The van der Waals surface area contributed by atoms with Gasteiger partial charge in [0.1, 0.15) is 11.5 Å². The third-order valence-electron chi connectivity index (χ3n) is 3.96. The highest BCUT2D eigenvalue weighted by molar-refractivity contribution is 5.63. The lowest BCUT2D eigenvalue weighted by molar-refractivity contribution is 0.277. The molecule has 0 aliphatic carbocycles. The maximum absolute atomic E-state index is 13.4. The fourth-order valence-electron chi connectivity index (χ4n) is 2.58. The van der Waals surface area contributed by atoms with Crippen molar-refractivity contribution >= 4 is 0 Å². The van der Waals surface area contributed by atoms with Crippen LogP contribution in [0.25, 0.3) is 11.3 Å². The lowest BCUT2D eigenvalue weighted by Crippen LogP contribution is -2.05. The minimum absolute atomic E-state index is 0.189. The Balaban J connectivity index is 2.05. The number of benzene rings is 2. The van der Waals surface area contributed by atoms with Crippen LogP contribution in [0.5, 0.6) is 0 Å². The van der Waals surface area contributed by atoms with Gasteiger partial charge in [0.05, 0.1) is 18.8 Å². The monoisotopic (exact) mass is 311 g/mol. The van der Waals surface area contributed by atoms with Crippen molar-refractivity contribution in [2.75, 3.05) is 0 Å². The summed E-state index contributed by atoms with van der Waals surface area (Å²) in [5.74, 6) is -0.280. The van der Waals surface area contributed by atoms with Crippen LogP contribution in [0.1, 0.15) is 22.4 Å².